The minimum Gasteiger partial charge on any atom is -0.337 e. The minimum atomic E-state index is 0.0495. The quantitative estimate of drug-likeness (QED) is 0.781. The maximum atomic E-state index is 12.7. The first kappa shape index (κ1) is 13.3. The molecule has 0 spiro atoms. The highest BCUT2D eigenvalue weighted by Crippen LogP contribution is 2.39. The van der Waals surface area contributed by atoms with Crippen LogP contribution in [0.25, 0.3) is 0 Å². The molecule has 102 valence electrons. The molecule has 0 bridgehead atoms. The van der Waals surface area contributed by atoms with Crippen LogP contribution in [0.5, 0.6) is 0 Å². The van der Waals surface area contributed by atoms with E-state index >= 15 is 0 Å². The van der Waals surface area contributed by atoms with Crippen LogP contribution in [0.4, 0.5) is 0 Å². The number of amides is 1. The summed E-state index contributed by atoms with van der Waals surface area (Å²) in [5.74, 6) is 1.35. The van der Waals surface area contributed by atoms with Gasteiger partial charge in [0.05, 0.1) is 5.25 Å². The molecule has 4 heteroatoms. The largest absolute Gasteiger partial charge is 0.337 e. The van der Waals surface area contributed by atoms with Gasteiger partial charge in [-0.05, 0) is 30.4 Å². The number of carbonyl (C=O) groups excluding carboxylic acids is 1. The summed E-state index contributed by atoms with van der Waals surface area (Å²) in [5, 5.41) is 0.0495. The van der Waals surface area contributed by atoms with E-state index in [1.807, 2.05) is 17.0 Å². The smallest absolute Gasteiger partial charge is 0.236 e. The first-order valence-electron chi connectivity index (χ1n) is 6.81. The van der Waals surface area contributed by atoms with Gasteiger partial charge in [-0.25, -0.2) is 0 Å². The SMILES string of the molecule is CC1CCN(C(=O)C2Cc3ccccc3S2)C1CCl. The molecule has 19 heavy (non-hydrogen) atoms. The van der Waals surface area contributed by atoms with Crippen molar-refractivity contribution in [1.29, 1.82) is 0 Å². The number of benzene rings is 1. The van der Waals surface area contributed by atoms with Gasteiger partial charge in [-0.3, -0.25) is 4.79 Å². The third kappa shape index (κ3) is 2.38. The Kier molecular flexibility index (Phi) is 3.77. The van der Waals surface area contributed by atoms with Crippen molar-refractivity contribution in [2.24, 2.45) is 5.92 Å². The van der Waals surface area contributed by atoms with Crippen LogP contribution in [0.15, 0.2) is 29.2 Å². The summed E-state index contributed by atoms with van der Waals surface area (Å²) in [6.45, 7) is 3.06. The summed E-state index contributed by atoms with van der Waals surface area (Å²) >= 11 is 7.75. The predicted octanol–water partition coefficient (Wildman–Crippen LogP) is 3.18. The van der Waals surface area contributed by atoms with Crippen LogP contribution in [0.1, 0.15) is 18.9 Å². The Morgan fingerprint density at radius 1 is 1.47 bits per heavy atom. The molecule has 0 aromatic heterocycles. The minimum absolute atomic E-state index is 0.0495. The molecule has 3 unspecified atom stereocenters. The van der Waals surface area contributed by atoms with Crippen molar-refractivity contribution in [2.75, 3.05) is 12.4 Å². The van der Waals surface area contributed by atoms with Crippen molar-refractivity contribution in [2.45, 2.75) is 36.0 Å². The summed E-state index contributed by atoms with van der Waals surface area (Å²) in [6, 6.07) is 8.54. The molecule has 0 saturated carbocycles. The van der Waals surface area contributed by atoms with Crippen LogP contribution in [0.2, 0.25) is 0 Å². The molecular formula is C15H18ClNOS. The number of carbonyl (C=O) groups is 1. The molecule has 2 aliphatic rings. The van der Waals surface area contributed by atoms with E-state index < -0.39 is 0 Å². The van der Waals surface area contributed by atoms with Crippen LogP contribution in [0, 0.1) is 5.92 Å². The zero-order chi connectivity index (χ0) is 13.4. The highest BCUT2D eigenvalue weighted by molar-refractivity contribution is 8.01. The van der Waals surface area contributed by atoms with Crippen LogP contribution < -0.4 is 0 Å². The number of hydrogen-bond acceptors (Lipinski definition) is 2. The monoisotopic (exact) mass is 295 g/mol. The lowest BCUT2D eigenvalue weighted by atomic mass is 10.0. The number of alkyl halides is 1. The summed E-state index contributed by atoms with van der Waals surface area (Å²) < 4.78 is 0. The molecule has 1 aromatic carbocycles. The van der Waals surface area contributed by atoms with Crippen molar-refractivity contribution < 1.29 is 4.79 Å². The van der Waals surface area contributed by atoms with E-state index in [1.54, 1.807) is 11.8 Å². The van der Waals surface area contributed by atoms with Gasteiger partial charge in [0, 0.05) is 23.4 Å². The van der Waals surface area contributed by atoms with Gasteiger partial charge in [-0.2, -0.15) is 0 Å². The summed E-state index contributed by atoms with van der Waals surface area (Å²) in [6.07, 6.45) is 1.94. The number of hydrogen-bond donors (Lipinski definition) is 0. The van der Waals surface area contributed by atoms with E-state index in [0.717, 1.165) is 19.4 Å². The molecule has 3 atom stereocenters. The fraction of sp³-hybridized carbons (Fsp3) is 0.533. The third-order valence-electron chi connectivity index (χ3n) is 4.25. The molecule has 3 rings (SSSR count). The number of rotatable bonds is 2. The van der Waals surface area contributed by atoms with E-state index in [0.29, 0.717) is 11.8 Å². The first-order valence-corrected chi connectivity index (χ1v) is 8.23. The van der Waals surface area contributed by atoms with Gasteiger partial charge >= 0.3 is 0 Å². The zero-order valence-electron chi connectivity index (χ0n) is 11.0. The normalized spacial score (nSPS) is 29.6. The second kappa shape index (κ2) is 5.37. The lowest BCUT2D eigenvalue weighted by Gasteiger charge is -2.27. The molecule has 2 nitrogen and oxygen atoms in total. The molecule has 2 heterocycles. The number of likely N-dealkylation sites (tertiary alicyclic amines) is 1. The Morgan fingerprint density at radius 2 is 2.26 bits per heavy atom. The second-order valence-electron chi connectivity index (χ2n) is 5.44. The molecule has 2 aliphatic heterocycles. The molecular weight excluding hydrogens is 278 g/mol. The van der Waals surface area contributed by atoms with Gasteiger partial charge in [0.25, 0.3) is 0 Å². The predicted molar refractivity (Wildman–Crippen MR) is 79.8 cm³/mol. The van der Waals surface area contributed by atoms with Crippen LogP contribution >= 0.6 is 23.4 Å². The molecule has 1 fully saturated rings. The maximum absolute atomic E-state index is 12.7. The molecule has 1 aromatic rings. The standard InChI is InChI=1S/C15H18ClNOS/c1-10-6-7-17(12(10)9-16)15(18)14-8-11-4-2-3-5-13(11)19-14/h2-5,10,12,14H,6-9H2,1H3. The summed E-state index contributed by atoms with van der Waals surface area (Å²) in [5.41, 5.74) is 1.31. The van der Waals surface area contributed by atoms with Crippen molar-refractivity contribution in [3.63, 3.8) is 0 Å². The van der Waals surface area contributed by atoms with Crippen molar-refractivity contribution in [3.8, 4) is 0 Å². The molecule has 1 amide bonds. The van der Waals surface area contributed by atoms with Gasteiger partial charge in [-0.1, -0.05) is 25.1 Å². The Bertz CT molecular complexity index is 468. The van der Waals surface area contributed by atoms with E-state index in [-0.39, 0.29) is 17.2 Å². The highest BCUT2D eigenvalue weighted by Gasteiger charge is 2.38. The zero-order valence-corrected chi connectivity index (χ0v) is 12.6. The number of fused-ring (bicyclic) bond motifs is 1. The third-order valence-corrected chi connectivity index (χ3v) is 5.87. The number of nitrogens with zero attached hydrogens (tertiary/aromatic N) is 1. The van der Waals surface area contributed by atoms with E-state index in [2.05, 4.69) is 19.1 Å². The molecule has 0 radical (unpaired) electrons. The van der Waals surface area contributed by atoms with E-state index in [1.165, 1.54) is 10.5 Å². The molecule has 0 N–H and O–H groups in total. The van der Waals surface area contributed by atoms with Gasteiger partial charge in [0.1, 0.15) is 0 Å². The number of halogens is 1. The van der Waals surface area contributed by atoms with Crippen LogP contribution in [-0.4, -0.2) is 34.5 Å². The Morgan fingerprint density at radius 3 is 3.00 bits per heavy atom. The molecule has 0 aliphatic carbocycles. The molecule has 1 saturated heterocycles. The average molecular weight is 296 g/mol. The van der Waals surface area contributed by atoms with E-state index in [9.17, 15) is 4.79 Å². The Labute approximate surface area is 123 Å². The summed E-state index contributed by atoms with van der Waals surface area (Å²) in [4.78, 5) is 16.0. The average Bonchev–Trinajstić information content (AvgIpc) is 3.00. The van der Waals surface area contributed by atoms with Gasteiger partial charge < -0.3 is 4.90 Å². The van der Waals surface area contributed by atoms with Gasteiger partial charge in [0.15, 0.2) is 0 Å². The summed E-state index contributed by atoms with van der Waals surface area (Å²) in [7, 11) is 0. The lowest BCUT2D eigenvalue weighted by Crippen LogP contribution is -2.43. The lowest BCUT2D eigenvalue weighted by molar-refractivity contribution is -0.131. The van der Waals surface area contributed by atoms with E-state index in [4.69, 9.17) is 11.6 Å². The highest BCUT2D eigenvalue weighted by atomic mass is 35.5. The van der Waals surface area contributed by atoms with Gasteiger partial charge in [-0.15, -0.1) is 23.4 Å². The number of thioether (sulfide) groups is 1. The Hall–Kier alpha value is -0.670. The second-order valence-corrected chi connectivity index (χ2v) is 6.99. The topological polar surface area (TPSA) is 20.3 Å². The first-order chi connectivity index (χ1) is 9.20. The van der Waals surface area contributed by atoms with Gasteiger partial charge in [0.2, 0.25) is 5.91 Å². The fourth-order valence-electron chi connectivity index (χ4n) is 3.02. The van der Waals surface area contributed by atoms with Crippen LogP contribution in [-0.2, 0) is 11.2 Å². The Balaban J connectivity index is 1.73. The maximum Gasteiger partial charge on any atom is 0.236 e. The van der Waals surface area contributed by atoms with Crippen molar-refractivity contribution in [1.82, 2.24) is 4.90 Å². The van der Waals surface area contributed by atoms with Crippen molar-refractivity contribution in [3.05, 3.63) is 29.8 Å². The van der Waals surface area contributed by atoms with Crippen molar-refractivity contribution >= 4 is 29.3 Å². The fourth-order valence-corrected chi connectivity index (χ4v) is 4.76. The van der Waals surface area contributed by atoms with Crippen LogP contribution in [0.3, 0.4) is 0 Å².